The molecule has 0 radical (unpaired) electrons. The number of nitrogens with zero attached hydrogens (tertiary/aromatic N) is 5. The zero-order valence-electron chi connectivity index (χ0n) is 17.8. The highest BCUT2D eigenvalue weighted by Crippen LogP contribution is 2.17. The van der Waals surface area contributed by atoms with Crippen LogP contribution in [-0.2, 0) is 0 Å². The zero-order chi connectivity index (χ0) is 21.8. The molecule has 2 aromatic carbocycles. The third-order valence-corrected chi connectivity index (χ3v) is 5.59. The normalized spacial score (nSPS) is 16.2. The van der Waals surface area contributed by atoms with Gasteiger partial charge in [0.2, 0.25) is 5.82 Å². The Kier molecular flexibility index (Phi) is 6.39. The van der Waals surface area contributed by atoms with Gasteiger partial charge in [0.25, 0.3) is 5.91 Å². The van der Waals surface area contributed by atoms with Crippen molar-refractivity contribution in [1.82, 2.24) is 29.9 Å². The van der Waals surface area contributed by atoms with Gasteiger partial charge in [0, 0.05) is 32.7 Å². The largest absolute Gasteiger partial charge is 0.341 e. The molecule has 1 unspecified atom stereocenters. The van der Waals surface area contributed by atoms with Crippen LogP contribution in [-0.4, -0.2) is 70.2 Å². The first kappa shape index (κ1) is 21.1. The minimum Gasteiger partial charge on any atom is -0.341 e. The van der Waals surface area contributed by atoms with Crippen molar-refractivity contribution in [1.29, 1.82) is 0 Å². The molecule has 3 aromatic rings. The predicted molar refractivity (Wildman–Crippen MR) is 117 cm³/mol. The summed E-state index contributed by atoms with van der Waals surface area (Å²) in [6, 6.07) is 15.7. The maximum absolute atomic E-state index is 13.2. The molecule has 1 saturated heterocycles. The number of nitrogens with one attached hydrogen (secondary N) is 1. The smallest absolute Gasteiger partial charge is 0.291 e. The number of benzene rings is 2. The fraction of sp³-hybridized carbons (Fsp3) is 0.348. The van der Waals surface area contributed by atoms with Crippen molar-refractivity contribution in [3.05, 3.63) is 77.6 Å². The lowest BCUT2D eigenvalue weighted by Gasteiger charge is -2.34. The standard InChI is InChI=1S/C23H27FN6O/c1-17-25-22(27-30(17)20-10-8-19(24)9-11-20)23(31)26-21(18-6-4-3-5-7-18)16-29-14-12-28(2)13-15-29/h3-11,21H,12-16H2,1-2H3,(H,26,31). The Labute approximate surface area is 181 Å². The number of aromatic nitrogens is 3. The molecule has 0 spiro atoms. The minimum absolute atomic E-state index is 0.0983. The summed E-state index contributed by atoms with van der Waals surface area (Å²) < 4.78 is 14.8. The predicted octanol–water partition coefficient (Wildman–Crippen LogP) is 2.43. The van der Waals surface area contributed by atoms with E-state index in [1.165, 1.54) is 12.1 Å². The van der Waals surface area contributed by atoms with Crippen LogP contribution in [0.2, 0.25) is 0 Å². The highest BCUT2D eigenvalue weighted by molar-refractivity contribution is 5.90. The number of piperazine rings is 1. The molecule has 31 heavy (non-hydrogen) atoms. The number of amides is 1. The molecule has 1 aliphatic rings. The van der Waals surface area contributed by atoms with E-state index in [4.69, 9.17) is 0 Å². The Balaban J connectivity index is 1.52. The van der Waals surface area contributed by atoms with Crippen molar-refractivity contribution in [2.45, 2.75) is 13.0 Å². The Hall–Kier alpha value is -3.10. The summed E-state index contributed by atoms with van der Waals surface area (Å²) in [5.74, 6) is 0.00857. The van der Waals surface area contributed by atoms with E-state index in [1.807, 2.05) is 30.3 Å². The van der Waals surface area contributed by atoms with Gasteiger partial charge in [-0.05, 0) is 43.8 Å². The van der Waals surface area contributed by atoms with Gasteiger partial charge in [0.1, 0.15) is 11.6 Å². The molecule has 1 atom stereocenters. The van der Waals surface area contributed by atoms with Gasteiger partial charge in [0.15, 0.2) is 0 Å². The van der Waals surface area contributed by atoms with Gasteiger partial charge >= 0.3 is 0 Å². The van der Waals surface area contributed by atoms with Crippen LogP contribution in [0.15, 0.2) is 54.6 Å². The van der Waals surface area contributed by atoms with Crippen molar-refractivity contribution >= 4 is 5.91 Å². The van der Waals surface area contributed by atoms with Gasteiger partial charge in [0.05, 0.1) is 11.7 Å². The average molecular weight is 423 g/mol. The van der Waals surface area contributed by atoms with E-state index < -0.39 is 0 Å². The molecule has 4 rings (SSSR count). The van der Waals surface area contributed by atoms with Gasteiger partial charge in [-0.3, -0.25) is 9.69 Å². The molecule has 0 saturated carbocycles. The number of hydrogen-bond acceptors (Lipinski definition) is 5. The molecular formula is C23H27FN6O. The SMILES string of the molecule is Cc1nc(C(=O)NC(CN2CCN(C)CC2)c2ccccc2)nn1-c1ccc(F)cc1. The summed E-state index contributed by atoms with van der Waals surface area (Å²) in [4.78, 5) is 22.1. The van der Waals surface area contributed by atoms with Crippen LogP contribution in [0, 0.1) is 12.7 Å². The second-order valence-electron chi connectivity index (χ2n) is 7.91. The Morgan fingerprint density at radius 1 is 1.06 bits per heavy atom. The third-order valence-electron chi connectivity index (χ3n) is 5.59. The van der Waals surface area contributed by atoms with Crippen molar-refractivity contribution in [3.8, 4) is 5.69 Å². The van der Waals surface area contributed by atoms with Crippen molar-refractivity contribution in [3.63, 3.8) is 0 Å². The van der Waals surface area contributed by atoms with E-state index in [-0.39, 0.29) is 23.6 Å². The fourth-order valence-electron chi connectivity index (χ4n) is 3.74. The summed E-state index contributed by atoms with van der Waals surface area (Å²) in [6.07, 6.45) is 0. The lowest BCUT2D eigenvalue weighted by atomic mass is 10.1. The van der Waals surface area contributed by atoms with E-state index in [0.29, 0.717) is 11.5 Å². The molecule has 1 N–H and O–H groups in total. The molecule has 1 aromatic heterocycles. The summed E-state index contributed by atoms with van der Waals surface area (Å²) in [6.45, 7) is 6.45. The zero-order valence-corrected chi connectivity index (χ0v) is 17.8. The van der Waals surface area contributed by atoms with Crippen LogP contribution < -0.4 is 5.32 Å². The highest BCUT2D eigenvalue weighted by Gasteiger charge is 2.24. The molecule has 1 aliphatic heterocycles. The summed E-state index contributed by atoms with van der Waals surface area (Å²) >= 11 is 0. The summed E-state index contributed by atoms with van der Waals surface area (Å²) in [7, 11) is 2.12. The van der Waals surface area contributed by atoms with Crippen LogP contribution in [0.1, 0.15) is 28.0 Å². The fourth-order valence-corrected chi connectivity index (χ4v) is 3.74. The lowest BCUT2D eigenvalue weighted by molar-refractivity contribution is 0.0897. The summed E-state index contributed by atoms with van der Waals surface area (Å²) in [5.41, 5.74) is 1.70. The van der Waals surface area contributed by atoms with Crippen LogP contribution in [0.4, 0.5) is 4.39 Å². The van der Waals surface area contributed by atoms with Crippen molar-refractivity contribution < 1.29 is 9.18 Å². The highest BCUT2D eigenvalue weighted by atomic mass is 19.1. The van der Waals surface area contributed by atoms with E-state index >= 15 is 0 Å². The second kappa shape index (κ2) is 9.36. The van der Waals surface area contributed by atoms with Gasteiger partial charge < -0.3 is 10.2 Å². The number of carbonyl (C=O) groups excluding carboxylic acids is 1. The lowest BCUT2D eigenvalue weighted by Crippen LogP contribution is -2.48. The first-order valence-electron chi connectivity index (χ1n) is 10.5. The second-order valence-corrected chi connectivity index (χ2v) is 7.91. The van der Waals surface area contributed by atoms with E-state index in [9.17, 15) is 9.18 Å². The van der Waals surface area contributed by atoms with Crippen molar-refractivity contribution in [2.75, 3.05) is 39.8 Å². The average Bonchev–Trinajstić information content (AvgIpc) is 3.17. The van der Waals surface area contributed by atoms with Crippen molar-refractivity contribution in [2.24, 2.45) is 0 Å². The number of aryl methyl sites for hydroxylation is 1. The van der Waals surface area contributed by atoms with E-state index in [2.05, 4.69) is 32.2 Å². The molecule has 0 bridgehead atoms. The molecule has 2 heterocycles. The van der Waals surface area contributed by atoms with Crippen LogP contribution in [0.5, 0.6) is 0 Å². The monoisotopic (exact) mass is 422 g/mol. The third kappa shape index (κ3) is 5.15. The Morgan fingerprint density at radius 2 is 1.74 bits per heavy atom. The van der Waals surface area contributed by atoms with Crippen LogP contribution in [0.3, 0.4) is 0 Å². The number of halogens is 1. The molecule has 8 heteroatoms. The van der Waals surface area contributed by atoms with E-state index in [0.717, 1.165) is 38.3 Å². The Morgan fingerprint density at radius 3 is 2.42 bits per heavy atom. The van der Waals surface area contributed by atoms with Gasteiger partial charge in [-0.2, -0.15) is 0 Å². The van der Waals surface area contributed by atoms with E-state index in [1.54, 1.807) is 23.7 Å². The number of hydrogen-bond donors (Lipinski definition) is 1. The van der Waals surface area contributed by atoms with Gasteiger partial charge in [-0.15, -0.1) is 5.10 Å². The van der Waals surface area contributed by atoms with Crippen LogP contribution >= 0.6 is 0 Å². The minimum atomic E-state index is -0.327. The maximum Gasteiger partial charge on any atom is 0.291 e. The first-order chi connectivity index (χ1) is 15.0. The molecular weight excluding hydrogens is 395 g/mol. The summed E-state index contributed by atoms with van der Waals surface area (Å²) in [5, 5.41) is 7.48. The van der Waals surface area contributed by atoms with Gasteiger partial charge in [-0.1, -0.05) is 30.3 Å². The molecule has 162 valence electrons. The number of rotatable bonds is 6. The molecule has 1 fully saturated rings. The van der Waals surface area contributed by atoms with Crippen LogP contribution in [0.25, 0.3) is 5.69 Å². The molecule has 7 nitrogen and oxygen atoms in total. The molecule has 0 aliphatic carbocycles. The first-order valence-corrected chi connectivity index (χ1v) is 10.5. The quantitative estimate of drug-likeness (QED) is 0.661. The van der Waals surface area contributed by atoms with Gasteiger partial charge in [-0.25, -0.2) is 14.1 Å². The number of carbonyl (C=O) groups is 1. The topological polar surface area (TPSA) is 66.3 Å². The number of likely N-dealkylation sites (N-methyl/N-ethyl adjacent to an activating group) is 1. The molecule has 1 amide bonds. The maximum atomic E-state index is 13.2. The Bertz CT molecular complexity index is 1010.